The van der Waals surface area contributed by atoms with E-state index in [9.17, 15) is 0 Å². The lowest BCUT2D eigenvalue weighted by atomic mass is 10.6. The van der Waals surface area contributed by atoms with Gasteiger partial charge in [-0.1, -0.05) is 0 Å². The lowest BCUT2D eigenvalue weighted by molar-refractivity contribution is 0.0619. The maximum Gasteiger partial charge on any atom is 0.533 e. The van der Waals surface area contributed by atoms with Crippen molar-refractivity contribution in [2.75, 3.05) is 48.5 Å². The van der Waals surface area contributed by atoms with E-state index in [4.69, 9.17) is 13.3 Å². The standard InChI is InChI=1S/C8H20N2O3Si/c1-9-6-7-10(2)8(9)14(11-3,12-4)13-5/h8H,6-7H2,1-5H3. The maximum absolute atomic E-state index is 5.47. The molecule has 0 atom stereocenters. The van der Waals surface area contributed by atoms with Crippen molar-refractivity contribution in [2.24, 2.45) is 0 Å². The summed E-state index contributed by atoms with van der Waals surface area (Å²) in [6, 6.07) is 0. The Morgan fingerprint density at radius 1 is 0.929 bits per heavy atom. The first-order chi connectivity index (χ1) is 6.61. The Morgan fingerprint density at radius 2 is 1.29 bits per heavy atom. The molecule has 1 aliphatic rings. The molecule has 0 aromatic heterocycles. The fourth-order valence-electron chi connectivity index (χ4n) is 2.00. The molecule has 1 saturated heterocycles. The zero-order chi connectivity index (χ0) is 10.8. The van der Waals surface area contributed by atoms with Crippen LogP contribution in [0.3, 0.4) is 0 Å². The van der Waals surface area contributed by atoms with E-state index in [1.54, 1.807) is 21.3 Å². The average Bonchev–Trinajstić information content (AvgIpc) is 2.53. The zero-order valence-corrected chi connectivity index (χ0v) is 10.6. The van der Waals surface area contributed by atoms with Crippen molar-refractivity contribution in [1.29, 1.82) is 0 Å². The van der Waals surface area contributed by atoms with Crippen molar-refractivity contribution in [3.63, 3.8) is 0 Å². The van der Waals surface area contributed by atoms with Gasteiger partial charge in [0.05, 0.1) is 0 Å². The molecule has 0 bridgehead atoms. The molecule has 1 fully saturated rings. The van der Waals surface area contributed by atoms with Crippen LogP contribution in [0.2, 0.25) is 0 Å². The molecule has 1 heterocycles. The summed E-state index contributed by atoms with van der Waals surface area (Å²) < 4.78 is 16.4. The van der Waals surface area contributed by atoms with Gasteiger partial charge in [-0.25, -0.2) is 0 Å². The van der Waals surface area contributed by atoms with E-state index in [2.05, 4.69) is 23.9 Å². The lowest BCUT2D eigenvalue weighted by Crippen LogP contribution is -2.63. The van der Waals surface area contributed by atoms with Gasteiger partial charge in [-0.05, 0) is 14.1 Å². The van der Waals surface area contributed by atoms with E-state index in [1.165, 1.54) is 0 Å². The summed E-state index contributed by atoms with van der Waals surface area (Å²) in [5, 5.41) is 0. The van der Waals surface area contributed by atoms with E-state index in [1.807, 2.05) is 0 Å². The summed E-state index contributed by atoms with van der Waals surface area (Å²) in [5.74, 6) is 0.127. The molecule has 0 radical (unpaired) electrons. The first-order valence-electron chi connectivity index (χ1n) is 4.67. The molecule has 0 aromatic carbocycles. The Labute approximate surface area is 86.9 Å². The fourth-order valence-corrected chi connectivity index (χ4v) is 4.47. The van der Waals surface area contributed by atoms with Gasteiger partial charge in [0.2, 0.25) is 0 Å². The number of hydrogen-bond donors (Lipinski definition) is 0. The van der Waals surface area contributed by atoms with Crippen LogP contribution >= 0.6 is 0 Å². The van der Waals surface area contributed by atoms with Crippen LogP contribution in [0, 0.1) is 0 Å². The van der Waals surface area contributed by atoms with Crippen molar-refractivity contribution in [1.82, 2.24) is 9.80 Å². The lowest BCUT2D eigenvalue weighted by Gasteiger charge is -2.36. The number of rotatable bonds is 4. The van der Waals surface area contributed by atoms with E-state index in [-0.39, 0.29) is 5.79 Å². The predicted molar refractivity (Wildman–Crippen MR) is 55.8 cm³/mol. The van der Waals surface area contributed by atoms with Gasteiger partial charge >= 0.3 is 8.80 Å². The van der Waals surface area contributed by atoms with Crippen molar-refractivity contribution in [3.8, 4) is 0 Å². The Balaban J connectivity index is 2.85. The quantitative estimate of drug-likeness (QED) is 0.603. The van der Waals surface area contributed by atoms with E-state index >= 15 is 0 Å². The van der Waals surface area contributed by atoms with Gasteiger partial charge in [0.15, 0.2) is 0 Å². The highest BCUT2D eigenvalue weighted by Crippen LogP contribution is 2.22. The number of nitrogens with zero attached hydrogens (tertiary/aromatic N) is 2. The maximum atomic E-state index is 5.47. The van der Waals surface area contributed by atoms with Gasteiger partial charge in [-0.3, -0.25) is 9.80 Å². The molecule has 0 amide bonds. The van der Waals surface area contributed by atoms with E-state index < -0.39 is 8.80 Å². The van der Waals surface area contributed by atoms with Gasteiger partial charge in [-0.2, -0.15) is 0 Å². The molecular formula is C8H20N2O3Si. The second-order valence-electron chi connectivity index (χ2n) is 3.55. The third-order valence-electron chi connectivity index (χ3n) is 2.81. The summed E-state index contributed by atoms with van der Waals surface area (Å²) >= 11 is 0. The summed E-state index contributed by atoms with van der Waals surface area (Å²) in [6.07, 6.45) is 0. The van der Waals surface area contributed by atoms with Gasteiger partial charge in [0.25, 0.3) is 0 Å². The Kier molecular flexibility index (Phi) is 4.05. The van der Waals surface area contributed by atoms with Crippen LogP contribution in [0.1, 0.15) is 0 Å². The van der Waals surface area contributed by atoms with Crippen molar-refractivity contribution < 1.29 is 13.3 Å². The van der Waals surface area contributed by atoms with E-state index in [0.29, 0.717) is 0 Å². The fraction of sp³-hybridized carbons (Fsp3) is 1.00. The zero-order valence-electron chi connectivity index (χ0n) is 9.61. The average molecular weight is 220 g/mol. The molecule has 6 heteroatoms. The molecule has 84 valence electrons. The summed E-state index contributed by atoms with van der Waals surface area (Å²) in [6.45, 7) is 2.04. The van der Waals surface area contributed by atoms with Gasteiger partial charge in [0.1, 0.15) is 5.79 Å². The third-order valence-corrected chi connectivity index (χ3v) is 6.03. The van der Waals surface area contributed by atoms with Crippen LogP contribution in [0.25, 0.3) is 0 Å². The molecule has 0 aromatic rings. The molecular weight excluding hydrogens is 200 g/mol. The highest BCUT2D eigenvalue weighted by molar-refractivity contribution is 6.62. The van der Waals surface area contributed by atoms with Crippen LogP contribution in [0.5, 0.6) is 0 Å². The normalized spacial score (nSPS) is 22.1. The molecule has 0 spiro atoms. The first-order valence-corrected chi connectivity index (χ1v) is 6.47. The topological polar surface area (TPSA) is 34.2 Å². The van der Waals surface area contributed by atoms with Crippen LogP contribution in [-0.4, -0.2) is 72.9 Å². The van der Waals surface area contributed by atoms with Gasteiger partial charge in [-0.15, -0.1) is 0 Å². The Hall–Kier alpha value is 0.0169. The SMILES string of the molecule is CO[Si](OC)(OC)C1N(C)CCN1C. The summed E-state index contributed by atoms with van der Waals surface area (Å²) in [5.41, 5.74) is 0. The highest BCUT2D eigenvalue weighted by atomic mass is 28.4. The smallest absolute Gasteiger partial charge is 0.375 e. The third kappa shape index (κ3) is 1.86. The molecule has 0 N–H and O–H groups in total. The second kappa shape index (κ2) is 4.69. The molecule has 0 aliphatic carbocycles. The van der Waals surface area contributed by atoms with Crippen LogP contribution < -0.4 is 0 Å². The van der Waals surface area contributed by atoms with Gasteiger partial charge in [0, 0.05) is 34.4 Å². The molecule has 5 nitrogen and oxygen atoms in total. The second-order valence-corrected chi connectivity index (χ2v) is 6.50. The van der Waals surface area contributed by atoms with Crippen LogP contribution in [0.4, 0.5) is 0 Å². The van der Waals surface area contributed by atoms with Crippen molar-refractivity contribution >= 4 is 8.80 Å². The first kappa shape index (κ1) is 12.1. The summed E-state index contributed by atoms with van der Waals surface area (Å²) in [4.78, 5) is 4.42. The summed E-state index contributed by atoms with van der Waals surface area (Å²) in [7, 11) is 6.52. The molecule has 1 rings (SSSR count). The van der Waals surface area contributed by atoms with Crippen molar-refractivity contribution in [2.45, 2.75) is 5.79 Å². The van der Waals surface area contributed by atoms with Gasteiger partial charge < -0.3 is 13.3 Å². The minimum Gasteiger partial charge on any atom is -0.375 e. The largest absolute Gasteiger partial charge is 0.533 e. The number of likely N-dealkylation sites (N-methyl/N-ethyl adjacent to an activating group) is 2. The monoisotopic (exact) mass is 220 g/mol. The minimum absolute atomic E-state index is 0.127. The van der Waals surface area contributed by atoms with Crippen LogP contribution in [0.15, 0.2) is 0 Å². The molecule has 14 heavy (non-hydrogen) atoms. The molecule has 1 aliphatic heterocycles. The minimum atomic E-state index is -2.56. The van der Waals surface area contributed by atoms with Crippen molar-refractivity contribution in [3.05, 3.63) is 0 Å². The number of hydrogen-bond acceptors (Lipinski definition) is 5. The van der Waals surface area contributed by atoms with Crippen LogP contribution in [-0.2, 0) is 13.3 Å². The predicted octanol–water partition coefficient (Wildman–Crippen LogP) is -0.393. The van der Waals surface area contributed by atoms with E-state index in [0.717, 1.165) is 13.1 Å². The molecule has 0 unspecified atom stereocenters. The Bertz CT molecular complexity index is 171. The molecule has 0 saturated carbocycles. The highest BCUT2D eigenvalue weighted by Gasteiger charge is 2.53. The Morgan fingerprint density at radius 3 is 1.57 bits per heavy atom.